The van der Waals surface area contributed by atoms with Gasteiger partial charge in [-0.25, -0.2) is 12.7 Å². The molecule has 23 heavy (non-hydrogen) atoms. The predicted octanol–water partition coefficient (Wildman–Crippen LogP) is 1.44. The van der Waals surface area contributed by atoms with Gasteiger partial charge < -0.3 is 10.6 Å². The van der Waals surface area contributed by atoms with Crippen LogP contribution in [0.25, 0.3) is 0 Å². The zero-order valence-electron chi connectivity index (χ0n) is 13.3. The lowest BCUT2D eigenvalue weighted by Crippen LogP contribution is -2.46. The maximum atomic E-state index is 12.5. The minimum Gasteiger partial charge on any atom is -0.381 e. The molecule has 1 aliphatic heterocycles. The Hall–Kier alpha value is -1.86. The van der Waals surface area contributed by atoms with Crippen LogP contribution in [0.15, 0.2) is 36.9 Å². The van der Waals surface area contributed by atoms with Crippen LogP contribution in [0.2, 0.25) is 0 Å². The zero-order chi connectivity index (χ0) is 16.9. The van der Waals surface area contributed by atoms with Gasteiger partial charge in [0.1, 0.15) is 0 Å². The number of carbonyl (C=O) groups is 1. The van der Waals surface area contributed by atoms with E-state index >= 15 is 0 Å². The first kappa shape index (κ1) is 17.5. The molecule has 0 saturated carbocycles. The first-order chi connectivity index (χ1) is 10.9. The van der Waals surface area contributed by atoms with Crippen molar-refractivity contribution in [3.63, 3.8) is 0 Å². The normalized spacial score (nSPS) is 16.7. The Balaban J connectivity index is 1.97. The molecular formula is C16H23N3O3S. The van der Waals surface area contributed by atoms with Crippen molar-refractivity contribution in [3.8, 4) is 0 Å². The zero-order valence-corrected chi connectivity index (χ0v) is 14.1. The fourth-order valence-corrected chi connectivity index (χ4v) is 3.49. The molecule has 0 aromatic heterocycles. The summed E-state index contributed by atoms with van der Waals surface area (Å²) in [6, 6.07) is 7.30. The van der Waals surface area contributed by atoms with E-state index in [1.165, 1.54) is 10.6 Å². The number of hydrogen-bond donors (Lipinski definition) is 2. The highest BCUT2D eigenvalue weighted by Gasteiger charge is 2.26. The molecule has 1 aromatic rings. The summed E-state index contributed by atoms with van der Waals surface area (Å²) in [5.74, 6) is -0.144. The molecule has 126 valence electrons. The predicted molar refractivity (Wildman–Crippen MR) is 92.0 cm³/mol. The molecule has 1 aliphatic rings. The average Bonchev–Trinajstić information content (AvgIpc) is 2.53. The van der Waals surface area contributed by atoms with Crippen LogP contribution in [-0.2, 0) is 10.0 Å². The van der Waals surface area contributed by atoms with Crippen molar-refractivity contribution in [1.29, 1.82) is 0 Å². The Labute approximate surface area is 137 Å². The molecule has 0 unspecified atom stereocenters. The molecular weight excluding hydrogens is 314 g/mol. The number of benzene rings is 1. The van der Waals surface area contributed by atoms with Crippen LogP contribution in [0.5, 0.6) is 0 Å². The number of anilines is 1. The third-order valence-corrected chi connectivity index (χ3v) is 5.17. The molecule has 1 amide bonds. The minimum atomic E-state index is -3.15. The first-order valence-electron chi connectivity index (χ1n) is 7.61. The summed E-state index contributed by atoms with van der Waals surface area (Å²) in [5, 5.41) is 6.14. The quantitative estimate of drug-likeness (QED) is 0.770. The molecule has 0 bridgehead atoms. The van der Waals surface area contributed by atoms with Gasteiger partial charge in [0.05, 0.1) is 11.8 Å². The summed E-state index contributed by atoms with van der Waals surface area (Å²) in [4.78, 5) is 12.5. The minimum absolute atomic E-state index is 0.00652. The molecule has 1 saturated heterocycles. The maximum Gasteiger partial charge on any atom is 0.253 e. The topological polar surface area (TPSA) is 78.5 Å². The van der Waals surface area contributed by atoms with Gasteiger partial charge in [-0.2, -0.15) is 0 Å². The Kier molecular flexibility index (Phi) is 5.79. The van der Waals surface area contributed by atoms with Gasteiger partial charge in [0, 0.05) is 31.4 Å². The van der Waals surface area contributed by atoms with Crippen molar-refractivity contribution in [2.24, 2.45) is 0 Å². The number of para-hydroxylation sites is 1. The molecule has 2 rings (SSSR count). The van der Waals surface area contributed by atoms with E-state index in [-0.39, 0.29) is 11.9 Å². The molecule has 0 aliphatic carbocycles. The standard InChI is InChI=1S/C16H23N3O3S/c1-3-10-17-15-7-5-4-6-14(15)16(20)18-13-8-11-19(12-9-13)23(2,21)22/h3-7,13,17H,1,8-12H2,2H3,(H,18,20). The third kappa shape index (κ3) is 4.80. The first-order valence-corrected chi connectivity index (χ1v) is 9.46. The summed E-state index contributed by atoms with van der Waals surface area (Å²) in [7, 11) is -3.15. The number of piperidine rings is 1. The van der Waals surface area contributed by atoms with Gasteiger partial charge in [-0.3, -0.25) is 4.79 Å². The summed E-state index contributed by atoms with van der Waals surface area (Å²) < 4.78 is 24.5. The van der Waals surface area contributed by atoms with Crippen molar-refractivity contribution in [2.75, 3.05) is 31.2 Å². The van der Waals surface area contributed by atoms with Crippen molar-refractivity contribution >= 4 is 21.6 Å². The van der Waals surface area contributed by atoms with Crippen LogP contribution in [0.1, 0.15) is 23.2 Å². The SMILES string of the molecule is C=CCNc1ccccc1C(=O)NC1CCN(S(C)(=O)=O)CC1. The number of hydrogen-bond acceptors (Lipinski definition) is 4. The highest BCUT2D eigenvalue weighted by atomic mass is 32.2. The average molecular weight is 337 g/mol. The second kappa shape index (κ2) is 7.61. The van der Waals surface area contributed by atoms with E-state index in [2.05, 4.69) is 17.2 Å². The summed E-state index contributed by atoms with van der Waals surface area (Å²) in [5.41, 5.74) is 1.35. The van der Waals surface area contributed by atoms with Crippen LogP contribution < -0.4 is 10.6 Å². The molecule has 1 fully saturated rings. The third-order valence-electron chi connectivity index (χ3n) is 3.87. The fraction of sp³-hybridized carbons (Fsp3) is 0.438. The van der Waals surface area contributed by atoms with E-state index in [1.807, 2.05) is 18.2 Å². The molecule has 0 atom stereocenters. The summed E-state index contributed by atoms with van der Waals surface area (Å²) in [6.07, 6.45) is 4.20. The Morgan fingerprint density at radius 2 is 2.00 bits per heavy atom. The molecule has 7 heteroatoms. The molecule has 0 radical (unpaired) electrons. The summed E-state index contributed by atoms with van der Waals surface area (Å²) >= 11 is 0. The number of carbonyl (C=O) groups excluding carboxylic acids is 1. The van der Waals surface area contributed by atoms with Crippen molar-refractivity contribution in [3.05, 3.63) is 42.5 Å². The molecule has 2 N–H and O–H groups in total. The van der Waals surface area contributed by atoms with E-state index in [0.717, 1.165) is 5.69 Å². The van der Waals surface area contributed by atoms with E-state index in [0.29, 0.717) is 38.0 Å². The Bertz CT molecular complexity index is 665. The lowest BCUT2D eigenvalue weighted by atomic mass is 10.1. The van der Waals surface area contributed by atoms with E-state index in [4.69, 9.17) is 0 Å². The van der Waals surface area contributed by atoms with Crippen LogP contribution >= 0.6 is 0 Å². The highest BCUT2D eigenvalue weighted by Crippen LogP contribution is 2.17. The number of nitrogens with one attached hydrogen (secondary N) is 2. The van der Waals surface area contributed by atoms with Gasteiger partial charge in [-0.1, -0.05) is 18.2 Å². The van der Waals surface area contributed by atoms with Crippen molar-refractivity contribution < 1.29 is 13.2 Å². The second-order valence-corrected chi connectivity index (χ2v) is 7.61. The highest BCUT2D eigenvalue weighted by molar-refractivity contribution is 7.88. The molecule has 1 heterocycles. The van der Waals surface area contributed by atoms with E-state index in [9.17, 15) is 13.2 Å². The van der Waals surface area contributed by atoms with Crippen LogP contribution in [0.4, 0.5) is 5.69 Å². The number of rotatable bonds is 6. The van der Waals surface area contributed by atoms with Gasteiger partial charge in [-0.15, -0.1) is 6.58 Å². The van der Waals surface area contributed by atoms with Gasteiger partial charge in [0.25, 0.3) is 5.91 Å². The van der Waals surface area contributed by atoms with E-state index in [1.54, 1.807) is 12.1 Å². The Morgan fingerprint density at radius 1 is 1.35 bits per heavy atom. The smallest absolute Gasteiger partial charge is 0.253 e. The van der Waals surface area contributed by atoms with Gasteiger partial charge in [0.2, 0.25) is 10.0 Å². The molecule has 6 nitrogen and oxygen atoms in total. The van der Waals surface area contributed by atoms with Gasteiger partial charge in [0.15, 0.2) is 0 Å². The molecule has 1 aromatic carbocycles. The summed E-state index contributed by atoms with van der Waals surface area (Å²) in [6.45, 7) is 5.12. The van der Waals surface area contributed by atoms with Gasteiger partial charge >= 0.3 is 0 Å². The number of sulfonamides is 1. The van der Waals surface area contributed by atoms with Gasteiger partial charge in [-0.05, 0) is 25.0 Å². The second-order valence-electron chi connectivity index (χ2n) is 5.62. The lowest BCUT2D eigenvalue weighted by molar-refractivity contribution is 0.0924. The monoisotopic (exact) mass is 337 g/mol. The fourth-order valence-electron chi connectivity index (χ4n) is 2.61. The lowest BCUT2D eigenvalue weighted by Gasteiger charge is -2.30. The van der Waals surface area contributed by atoms with Crippen LogP contribution in [0.3, 0.4) is 0 Å². The van der Waals surface area contributed by atoms with Crippen LogP contribution in [-0.4, -0.2) is 50.6 Å². The van der Waals surface area contributed by atoms with Crippen LogP contribution in [0, 0.1) is 0 Å². The van der Waals surface area contributed by atoms with Crippen molar-refractivity contribution in [2.45, 2.75) is 18.9 Å². The maximum absolute atomic E-state index is 12.5. The van der Waals surface area contributed by atoms with Crippen molar-refractivity contribution in [1.82, 2.24) is 9.62 Å². The number of amides is 1. The number of nitrogens with zero attached hydrogens (tertiary/aromatic N) is 1. The molecule has 0 spiro atoms. The Morgan fingerprint density at radius 3 is 2.61 bits per heavy atom. The largest absolute Gasteiger partial charge is 0.381 e. The van der Waals surface area contributed by atoms with E-state index < -0.39 is 10.0 Å².